The van der Waals surface area contributed by atoms with E-state index in [2.05, 4.69) is 52.4 Å². The number of ether oxygens (including phenoxy) is 1. The maximum absolute atomic E-state index is 5.77. The monoisotopic (exact) mass is 312 g/mol. The van der Waals surface area contributed by atoms with Crippen LogP contribution in [0, 0.1) is 0 Å². The van der Waals surface area contributed by atoms with Gasteiger partial charge in [-0.3, -0.25) is 0 Å². The molecule has 0 saturated heterocycles. The molecule has 2 rings (SSSR count). The molecule has 1 aromatic rings. The van der Waals surface area contributed by atoms with E-state index in [0.29, 0.717) is 6.04 Å². The van der Waals surface area contributed by atoms with E-state index in [-0.39, 0.29) is 0 Å². The summed E-state index contributed by atoms with van der Waals surface area (Å²) >= 11 is 3.59. The molecule has 1 atom stereocenters. The number of benzene rings is 1. The van der Waals surface area contributed by atoms with E-state index in [4.69, 9.17) is 4.74 Å². The van der Waals surface area contributed by atoms with E-state index in [1.165, 1.54) is 11.1 Å². The molecule has 1 heterocycles. The Morgan fingerprint density at radius 1 is 1.44 bits per heavy atom. The van der Waals surface area contributed by atoms with Crippen LogP contribution in [0.4, 0.5) is 0 Å². The van der Waals surface area contributed by atoms with Crippen LogP contribution < -0.4 is 10.1 Å². The minimum Gasteiger partial charge on any atom is -0.493 e. The lowest BCUT2D eigenvalue weighted by atomic mass is 10.0. The van der Waals surface area contributed by atoms with Crippen molar-refractivity contribution in [2.24, 2.45) is 0 Å². The number of hydrogen-bond acceptors (Lipinski definition) is 3. The maximum atomic E-state index is 5.77. The van der Waals surface area contributed by atoms with Gasteiger partial charge >= 0.3 is 0 Å². The molecule has 1 unspecified atom stereocenters. The standard InChI is InChI=1S/C14H21BrN2O/c1-16-13(9-17(2)3)8-11-7-12(15)6-10-4-5-18-14(10)11/h6-7,13,16H,4-5,8-9H2,1-3H3. The van der Waals surface area contributed by atoms with Crippen LogP contribution in [-0.4, -0.2) is 45.2 Å². The van der Waals surface area contributed by atoms with Crippen molar-refractivity contribution in [2.75, 3.05) is 34.3 Å². The van der Waals surface area contributed by atoms with Gasteiger partial charge in [-0.15, -0.1) is 0 Å². The smallest absolute Gasteiger partial charge is 0.125 e. The summed E-state index contributed by atoms with van der Waals surface area (Å²) in [5.74, 6) is 1.11. The third kappa shape index (κ3) is 3.25. The van der Waals surface area contributed by atoms with Gasteiger partial charge < -0.3 is 15.0 Å². The van der Waals surface area contributed by atoms with Gasteiger partial charge in [-0.05, 0) is 50.8 Å². The SMILES string of the molecule is CNC(Cc1cc(Br)cc2c1OCC2)CN(C)C. The largest absolute Gasteiger partial charge is 0.493 e. The second-order valence-electron chi connectivity index (χ2n) is 5.10. The first-order chi connectivity index (χ1) is 8.60. The van der Waals surface area contributed by atoms with Gasteiger partial charge in [0.05, 0.1) is 6.61 Å². The number of halogens is 1. The molecule has 0 radical (unpaired) electrons. The molecule has 1 aliphatic heterocycles. The van der Waals surface area contributed by atoms with Gasteiger partial charge in [-0.1, -0.05) is 15.9 Å². The number of nitrogens with zero attached hydrogens (tertiary/aromatic N) is 1. The third-order valence-electron chi connectivity index (χ3n) is 3.29. The Kier molecular flexibility index (Phi) is 4.65. The Hall–Kier alpha value is -0.580. The second-order valence-corrected chi connectivity index (χ2v) is 6.02. The van der Waals surface area contributed by atoms with Crippen LogP contribution in [-0.2, 0) is 12.8 Å². The van der Waals surface area contributed by atoms with Gasteiger partial charge in [-0.25, -0.2) is 0 Å². The fourth-order valence-corrected chi connectivity index (χ4v) is 3.01. The number of fused-ring (bicyclic) bond motifs is 1. The molecule has 0 saturated carbocycles. The summed E-state index contributed by atoms with van der Waals surface area (Å²) in [6.07, 6.45) is 2.02. The van der Waals surface area contributed by atoms with Gasteiger partial charge in [0.25, 0.3) is 0 Å². The second kappa shape index (κ2) is 6.04. The summed E-state index contributed by atoms with van der Waals surface area (Å²) in [7, 11) is 6.23. The number of hydrogen-bond donors (Lipinski definition) is 1. The van der Waals surface area contributed by atoms with Crippen LogP contribution in [0.3, 0.4) is 0 Å². The van der Waals surface area contributed by atoms with Crippen LogP contribution in [0.2, 0.25) is 0 Å². The molecule has 0 amide bonds. The highest BCUT2D eigenvalue weighted by Gasteiger charge is 2.19. The maximum Gasteiger partial charge on any atom is 0.125 e. The van der Waals surface area contributed by atoms with Crippen molar-refractivity contribution in [3.05, 3.63) is 27.7 Å². The third-order valence-corrected chi connectivity index (χ3v) is 3.74. The summed E-state index contributed by atoms with van der Waals surface area (Å²) in [6.45, 7) is 1.84. The molecular weight excluding hydrogens is 292 g/mol. The molecule has 100 valence electrons. The fourth-order valence-electron chi connectivity index (χ4n) is 2.46. The molecule has 0 fully saturated rings. The van der Waals surface area contributed by atoms with Crippen LogP contribution in [0.15, 0.2) is 16.6 Å². The lowest BCUT2D eigenvalue weighted by Gasteiger charge is -2.21. The predicted octanol–water partition coefficient (Wildman–Crippen LogP) is 2.08. The molecule has 0 aromatic heterocycles. The molecule has 18 heavy (non-hydrogen) atoms. The van der Waals surface area contributed by atoms with Gasteiger partial charge in [0.15, 0.2) is 0 Å². The van der Waals surface area contributed by atoms with Gasteiger partial charge in [0.1, 0.15) is 5.75 Å². The van der Waals surface area contributed by atoms with E-state index in [9.17, 15) is 0 Å². The van der Waals surface area contributed by atoms with E-state index >= 15 is 0 Å². The average Bonchev–Trinajstić information content (AvgIpc) is 2.75. The molecule has 0 spiro atoms. The topological polar surface area (TPSA) is 24.5 Å². The van der Waals surface area contributed by atoms with Crippen molar-refractivity contribution in [3.63, 3.8) is 0 Å². The molecule has 3 nitrogen and oxygen atoms in total. The highest BCUT2D eigenvalue weighted by atomic mass is 79.9. The van der Waals surface area contributed by atoms with Crippen LogP contribution in [0.5, 0.6) is 5.75 Å². The van der Waals surface area contributed by atoms with Crippen LogP contribution in [0.25, 0.3) is 0 Å². The van der Waals surface area contributed by atoms with Crippen molar-refractivity contribution in [1.82, 2.24) is 10.2 Å². The normalized spacial score (nSPS) is 15.6. The van der Waals surface area contributed by atoms with Gasteiger partial charge in [-0.2, -0.15) is 0 Å². The summed E-state index contributed by atoms with van der Waals surface area (Å²) < 4.78 is 6.93. The first-order valence-electron chi connectivity index (χ1n) is 6.36. The van der Waals surface area contributed by atoms with E-state index < -0.39 is 0 Å². The molecular formula is C14H21BrN2O. The minimum absolute atomic E-state index is 0.447. The van der Waals surface area contributed by atoms with E-state index in [0.717, 1.165) is 36.2 Å². The highest BCUT2D eigenvalue weighted by Crippen LogP contribution is 2.33. The Morgan fingerprint density at radius 3 is 2.89 bits per heavy atom. The van der Waals surface area contributed by atoms with Crippen molar-refractivity contribution in [2.45, 2.75) is 18.9 Å². The molecule has 1 N–H and O–H groups in total. The van der Waals surface area contributed by atoms with Gasteiger partial charge in [0, 0.05) is 23.5 Å². The summed E-state index contributed by atoms with van der Waals surface area (Å²) in [4.78, 5) is 2.21. The quantitative estimate of drug-likeness (QED) is 0.901. The van der Waals surface area contributed by atoms with E-state index in [1.807, 2.05) is 7.05 Å². The number of nitrogens with one attached hydrogen (secondary N) is 1. The summed E-state index contributed by atoms with van der Waals surface area (Å²) in [6, 6.07) is 4.80. The first kappa shape index (κ1) is 13.8. The highest BCUT2D eigenvalue weighted by molar-refractivity contribution is 9.10. The van der Waals surface area contributed by atoms with Crippen molar-refractivity contribution >= 4 is 15.9 Å². The lowest BCUT2D eigenvalue weighted by molar-refractivity contribution is 0.335. The molecule has 0 bridgehead atoms. The predicted molar refractivity (Wildman–Crippen MR) is 78.4 cm³/mol. The molecule has 0 aliphatic carbocycles. The summed E-state index contributed by atoms with van der Waals surface area (Å²) in [5.41, 5.74) is 2.64. The first-order valence-corrected chi connectivity index (χ1v) is 7.15. The lowest BCUT2D eigenvalue weighted by Crippen LogP contribution is -2.37. The Balaban J connectivity index is 2.18. The molecule has 1 aliphatic rings. The Bertz CT molecular complexity index is 421. The number of likely N-dealkylation sites (N-methyl/N-ethyl adjacent to an activating group) is 2. The van der Waals surface area contributed by atoms with Crippen molar-refractivity contribution in [3.8, 4) is 5.75 Å². The van der Waals surface area contributed by atoms with Crippen molar-refractivity contribution in [1.29, 1.82) is 0 Å². The fraction of sp³-hybridized carbons (Fsp3) is 0.571. The summed E-state index contributed by atoms with van der Waals surface area (Å²) in [5, 5.41) is 3.38. The number of rotatable bonds is 5. The minimum atomic E-state index is 0.447. The molecule has 1 aromatic carbocycles. The Morgan fingerprint density at radius 2 is 2.22 bits per heavy atom. The van der Waals surface area contributed by atoms with Crippen LogP contribution >= 0.6 is 15.9 Å². The Labute approximate surface area is 118 Å². The van der Waals surface area contributed by atoms with Crippen molar-refractivity contribution < 1.29 is 4.74 Å². The zero-order valence-corrected chi connectivity index (χ0v) is 12.9. The van der Waals surface area contributed by atoms with E-state index in [1.54, 1.807) is 0 Å². The van der Waals surface area contributed by atoms with Crippen LogP contribution in [0.1, 0.15) is 11.1 Å². The van der Waals surface area contributed by atoms with Gasteiger partial charge in [0.2, 0.25) is 0 Å². The zero-order valence-electron chi connectivity index (χ0n) is 11.3. The molecule has 4 heteroatoms. The zero-order chi connectivity index (χ0) is 13.1. The average molecular weight is 313 g/mol.